The number of fused-ring (bicyclic) bond motifs is 1. The smallest absolute Gasteiger partial charge is 0.152 e. The van der Waals surface area contributed by atoms with Crippen LogP contribution in [0.2, 0.25) is 5.02 Å². The van der Waals surface area contributed by atoms with E-state index < -0.39 is 5.82 Å². The van der Waals surface area contributed by atoms with E-state index in [1.807, 2.05) is 18.5 Å². The number of aryl methyl sites for hydroxylation is 1. The Kier molecular flexibility index (Phi) is 2.27. The molecule has 0 saturated carbocycles. The molecular formula is C11H9ClFNO. The van der Waals surface area contributed by atoms with Crippen molar-refractivity contribution >= 4 is 28.8 Å². The Hall–Kier alpha value is -1.35. The topological polar surface area (TPSA) is 22.0 Å². The summed E-state index contributed by atoms with van der Waals surface area (Å²) in [5.74, 6) is -0.502. The summed E-state index contributed by atoms with van der Waals surface area (Å²) in [6.07, 6.45) is 0.741. The van der Waals surface area contributed by atoms with Gasteiger partial charge in [-0.3, -0.25) is 4.79 Å². The summed E-state index contributed by atoms with van der Waals surface area (Å²) in [5, 5.41) is 0.674. The first kappa shape index (κ1) is 10.2. The monoisotopic (exact) mass is 225 g/mol. The third-order valence-electron chi connectivity index (χ3n) is 2.70. The summed E-state index contributed by atoms with van der Waals surface area (Å²) in [6, 6.07) is 2.83. The molecule has 0 bridgehead atoms. The van der Waals surface area contributed by atoms with Crippen LogP contribution in [0.1, 0.15) is 16.1 Å². The first-order chi connectivity index (χ1) is 7.06. The number of aromatic nitrogens is 1. The first-order valence-electron chi connectivity index (χ1n) is 4.45. The predicted molar refractivity (Wildman–Crippen MR) is 58.0 cm³/mol. The predicted octanol–water partition coefficient (Wildman–Crippen LogP) is 3.09. The van der Waals surface area contributed by atoms with Crippen LogP contribution in [0.25, 0.3) is 10.9 Å². The molecule has 0 radical (unpaired) electrons. The normalized spacial score (nSPS) is 10.9. The fourth-order valence-corrected chi connectivity index (χ4v) is 1.89. The molecule has 0 spiro atoms. The van der Waals surface area contributed by atoms with E-state index in [0.29, 0.717) is 10.9 Å². The van der Waals surface area contributed by atoms with Crippen LogP contribution >= 0.6 is 11.6 Å². The molecule has 4 heteroatoms. The fraction of sp³-hybridized carbons (Fsp3) is 0.182. The summed E-state index contributed by atoms with van der Waals surface area (Å²) in [5.41, 5.74) is 2.09. The fourth-order valence-electron chi connectivity index (χ4n) is 1.73. The lowest BCUT2D eigenvalue weighted by atomic mass is 10.1. The number of rotatable bonds is 1. The van der Waals surface area contributed by atoms with Crippen molar-refractivity contribution in [2.24, 2.45) is 7.05 Å². The lowest BCUT2D eigenvalue weighted by molar-refractivity contribution is 0.112. The average molecular weight is 226 g/mol. The molecule has 0 aliphatic heterocycles. The number of nitrogens with zero attached hydrogens (tertiary/aromatic N) is 1. The molecule has 0 aliphatic rings. The van der Waals surface area contributed by atoms with Gasteiger partial charge < -0.3 is 4.57 Å². The Balaban J connectivity index is 2.97. The summed E-state index contributed by atoms with van der Waals surface area (Å²) in [6.45, 7) is 1.82. The molecule has 2 nitrogen and oxygen atoms in total. The molecule has 78 valence electrons. The molecule has 1 aromatic heterocycles. The SMILES string of the molecule is Cc1c(C=O)c2cc(F)c(Cl)cc2n1C. The second kappa shape index (κ2) is 3.35. The Labute approximate surface area is 91.3 Å². The highest BCUT2D eigenvalue weighted by molar-refractivity contribution is 6.31. The quantitative estimate of drug-likeness (QED) is 0.684. The largest absolute Gasteiger partial charge is 0.347 e. The third-order valence-corrected chi connectivity index (χ3v) is 2.99. The van der Waals surface area contributed by atoms with Crippen LogP contribution in [-0.2, 0) is 7.05 Å². The van der Waals surface area contributed by atoms with Crippen molar-refractivity contribution in [3.05, 3.63) is 34.2 Å². The van der Waals surface area contributed by atoms with Gasteiger partial charge >= 0.3 is 0 Å². The molecule has 0 unspecified atom stereocenters. The number of aldehydes is 1. The van der Waals surface area contributed by atoms with Crippen LogP contribution < -0.4 is 0 Å². The summed E-state index contributed by atoms with van der Waals surface area (Å²) < 4.78 is 15.1. The number of hydrogen-bond donors (Lipinski definition) is 0. The molecule has 1 heterocycles. The summed E-state index contributed by atoms with van der Waals surface area (Å²) >= 11 is 5.69. The van der Waals surface area contributed by atoms with Gasteiger partial charge in [0.15, 0.2) is 6.29 Å². The van der Waals surface area contributed by atoms with Crippen molar-refractivity contribution in [3.63, 3.8) is 0 Å². The van der Waals surface area contributed by atoms with Gasteiger partial charge in [-0.15, -0.1) is 0 Å². The van der Waals surface area contributed by atoms with Crippen LogP contribution in [0.15, 0.2) is 12.1 Å². The molecular weight excluding hydrogens is 217 g/mol. The molecule has 2 aromatic rings. The highest BCUT2D eigenvalue weighted by atomic mass is 35.5. The lowest BCUT2D eigenvalue weighted by Crippen LogP contribution is -1.91. The average Bonchev–Trinajstić information content (AvgIpc) is 2.42. The van der Waals surface area contributed by atoms with Gasteiger partial charge in [-0.05, 0) is 19.1 Å². The number of carbonyl (C=O) groups is 1. The highest BCUT2D eigenvalue weighted by Crippen LogP contribution is 2.28. The van der Waals surface area contributed by atoms with Crippen molar-refractivity contribution < 1.29 is 9.18 Å². The van der Waals surface area contributed by atoms with Gasteiger partial charge in [0.1, 0.15) is 5.82 Å². The number of hydrogen-bond acceptors (Lipinski definition) is 1. The van der Waals surface area contributed by atoms with Gasteiger partial charge in [0.05, 0.1) is 10.5 Å². The van der Waals surface area contributed by atoms with Crippen LogP contribution in [0.3, 0.4) is 0 Å². The highest BCUT2D eigenvalue weighted by Gasteiger charge is 2.13. The Morgan fingerprint density at radius 3 is 2.73 bits per heavy atom. The standard InChI is InChI=1S/C11H9ClFNO/c1-6-8(5-15)7-3-10(13)9(12)4-11(7)14(6)2/h3-5H,1-2H3. The Bertz CT molecular complexity index is 559. The van der Waals surface area contributed by atoms with Crippen LogP contribution in [0.5, 0.6) is 0 Å². The van der Waals surface area contributed by atoms with Gasteiger partial charge in [0.25, 0.3) is 0 Å². The van der Waals surface area contributed by atoms with Crippen molar-refractivity contribution in [1.29, 1.82) is 0 Å². The maximum absolute atomic E-state index is 13.2. The molecule has 15 heavy (non-hydrogen) atoms. The van der Waals surface area contributed by atoms with Gasteiger partial charge in [0, 0.05) is 23.7 Å². The van der Waals surface area contributed by atoms with E-state index in [1.54, 1.807) is 0 Å². The summed E-state index contributed by atoms with van der Waals surface area (Å²) in [4.78, 5) is 10.9. The molecule has 0 N–H and O–H groups in total. The van der Waals surface area contributed by atoms with Crippen molar-refractivity contribution in [2.45, 2.75) is 6.92 Å². The molecule has 2 rings (SSSR count). The Morgan fingerprint density at radius 1 is 1.47 bits per heavy atom. The van der Waals surface area contributed by atoms with Gasteiger partial charge in [-0.1, -0.05) is 11.6 Å². The Morgan fingerprint density at radius 2 is 2.13 bits per heavy atom. The second-order valence-electron chi connectivity index (χ2n) is 3.46. The number of benzene rings is 1. The van der Waals surface area contributed by atoms with E-state index >= 15 is 0 Å². The first-order valence-corrected chi connectivity index (χ1v) is 4.83. The zero-order chi connectivity index (χ0) is 11.2. The maximum Gasteiger partial charge on any atom is 0.152 e. The van der Waals surface area contributed by atoms with E-state index in [0.717, 1.165) is 17.5 Å². The zero-order valence-corrected chi connectivity index (χ0v) is 9.10. The van der Waals surface area contributed by atoms with Crippen LogP contribution in [0.4, 0.5) is 4.39 Å². The van der Waals surface area contributed by atoms with E-state index in [9.17, 15) is 9.18 Å². The summed E-state index contributed by atoms with van der Waals surface area (Å²) in [7, 11) is 1.82. The number of carbonyl (C=O) groups excluding carboxylic acids is 1. The molecule has 0 saturated heterocycles. The van der Waals surface area contributed by atoms with Gasteiger partial charge in [-0.25, -0.2) is 4.39 Å². The third kappa shape index (κ3) is 1.35. The molecule has 0 fully saturated rings. The zero-order valence-electron chi connectivity index (χ0n) is 8.34. The molecule has 0 atom stereocenters. The van der Waals surface area contributed by atoms with Crippen molar-refractivity contribution in [3.8, 4) is 0 Å². The minimum atomic E-state index is -0.502. The number of halogens is 2. The molecule has 0 amide bonds. The van der Waals surface area contributed by atoms with Crippen LogP contribution in [-0.4, -0.2) is 10.9 Å². The van der Waals surface area contributed by atoms with Crippen LogP contribution in [0, 0.1) is 12.7 Å². The molecule has 0 aliphatic carbocycles. The van der Waals surface area contributed by atoms with E-state index in [4.69, 9.17) is 11.6 Å². The van der Waals surface area contributed by atoms with E-state index in [2.05, 4.69) is 0 Å². The van der Waals surface area contributed by atoms with Gasteiger partial charge in [-0.2, -0.15) is 0 Å². The molecule has 1 aromatic carbocycles. The van der Waals surface area contributed by atoms with E-state index in [-0.39, 0.29) is 5.02 Å². The maximum atomic E-state index is 13.2. The van der Waals surface area contributed by atoms with E-state index in [1.165, 1.54) is 12.1 Å². The van der Waals surface area contributed by atoms with Crippen molar-refractivity contribution in [2.75, 3.05) is 0 Å². The van der Waals surface area contributed by atoms with Gasteiger partial charge in [0.2, 0.25) is 0 Å². The second-order valence-corrected chi connectivity index (χ2v) is 3.87. The minimum Gasteiger partial charge on any atom is -0.347 e. The minimum absolute atomic E-state index is 0.0700. The lowest BCUT2D eigenvalue weighted by Gasteiger charge is -1.99. The van der Waals surface area contributed by atoms with Crippen molar-refractivity contribution in [1.82, 2.24) is 4.57 Å².